The molecule has 0 aliphatic carbocycles. The summed E-state index contributed by atoms with van der Waals surface area (Å²) in [5.74, 6) is -0.208. The van der Waals surface area contributed by atoms with Crippen LogP contribution in [0.3, 0.4) is 0 Å². The third-order valence-electron chi connectivity index (χ3n) is 2.09. The van der Waals surface area contributed by atoms with Crippen LogP contribution in [0.1, 0.15) is 19.4 Å². The second-order valence-corrected chi connectivity index (χ2v) is 3.37. The topological polar surface area (TPSA) is 38.3 Å². The van der Waals surface area contributed by atoms with Crippen molar-refractivity contribution in [1.82, 2.24) is 5.32 Å². The molecule has 0 saturated heterocycles. The number of nitrogens with one attached hydrogen (secondary N) is 1. The standard InChI is InChI=1S/C12H17NO2.ClH/c1-3-13-10(2)12(14)15-9-11-7-5-4-6-8-11;/h4-8,10,13H,3,9H2,1-2H3;1H/t10-;/m0./s1. The third-order valence-corrected chi connectivity index (χ3v) is 2.09. The van der Waals surface area contributed by atoms with Crippen LogP contribution in [-0.2, 0) is 16.1 Å². The number of ether oxygens (including phenoxy) is 1. The predicted molar refractivity (Wildman–Crippen MR) is 66.6 cm³/mol. The van der Waals surface area contributed by atoms with E-state index in [0.717, 1.165) is 12.1 Å². The first-order valence-electron chi connectivity index (χ1n) is 5.18. The molecule has 0 amide bonds. The van der Waals surface area contributed by atoms with Crippen LogP contribution in [0.4, 0.5) is 0 Å². The summed E-state index contributed by atoms with van der Waals surface area (Å²) in [6.45, 7) is 4.87. The predicted octanol–water partition coefficient (Wildman–Crippen LogP) is 2.15. The lowest BCUT2D eigenvalue weighted by Crippen LogP contribution is -2.34. The summed E-state index contributed by atoms with van der Waals surface area (Å²) in [4.78, 5) is 11.4. The van der Waals surface area contributed by atoms with Crippen LogP contribution < -0.4 is 5.32 Å². The quantitative estimate of drug-likeness (QED) is 0.806. The number of likely N-dealkylation sites (N-methyl/N-ethyl adjacent to an activating group) is 1. The summed E-state index contributed by atoms with van der Waals surface area (Å²) in [6.07, 6.45) is 0. The maximum atomic E-state index is 11.4. The fourth-order valence-corrected chi connectivity index (χ4v) is 1.24. The van der Waals surface area contributed by atoms with E-state index in [1.54, 1.807) is 6.92 Å². The lowest BCUT2D eigenvalue weighted by molar-refractivity contribution is -0.147. The van der Waals surface area contributed by atoms with Crippen molar-refractivity contribution in [1.29, 1.82) is 0 Å². The van der Waals surface area contributed by atoms with Gasteiger partial charge in [-0.15, -0.1) is 12.4 Å². The molecule has 0 bridgehead atoms. The Morgan fingerprint density at radius 3 is 2.56 bits per heavy atom. The molecule has 1 aromatic carbocycles. The van der Waals surface area contributed by atoms with Crippen LogP contribution in [0.25, 0.3) is 0 Å². The molecular weight excluding hydrogens is 226 g/mol. The Kier molecular flexibility index (Phi) is 7.60. The third kappa shape index (κ3) is 5.14. The number of esters is 1. The average Bonchev–Trinajstić information content (AvgIpc) is 2.27. The summed E-state index contributed by atoms with van der Waals surface area (Å²) < 4.78 is 5.14. The summed E-state index contributed by atoms with van der Waals surface area (Å²) in [6, 6.07) is 9.43. The van der Waals surface area contributed by atoms with Crippen molar-refractivity contribution in [2.75, 3.05) is 6.54 Å². The van der Waals surface area contributed by atoms with Gasteiger partial charge in [0.05, 0.1) is 0 Å². The van der Waals surface area contributed by atoms with Crippen molar-refractivity contribution in [3.05, 3.63) is 35.9 Å². The number of halogens is 1. The van der Waals surface area contributed by atoms with Gasteiger partial charge in [0.25, 0.3) is 0 Å². The van der Waals surface area contributed by atoms with Gasteiger partial charge in [-0.3, -0.25) is 4.79 Å². The van der Waals surface area contributed by atoms with Gasteiger partial charge in [-0.25, -0.2) is 0 Å². The molecule has 0 heterocycles. The fourth-order valence-electron chi connectivity index (χ4n) is 1.24. The Bertz CT molecular complexity index is 303. The zero-order valence-electron chi connectivity index (χ0n) is 9.60. The average molecular weight is 244 g/mol. The van der Waals surface area contributed by atoms with Gasteiger partial charge in [-0.1, -0.05) is 37.3 Å². The van der Waals surface area contributed by atoms with Crippen LogP contribution in [0, 0.1) is 0 Å². The van der Waals surface area contributed by atoms with Crippen molar-refractivity contribution in [2.24, 2.45) is 0 Å². The smallest absolute Gasteiger partial charge is 0.323 e. The van der Waals surface area contributed by atoms with E-state index in [4.69, 9.17) is 4.74 Å². The number of hydrogen-bond acceptors (Lipinski definition) is 3. The van der Waals surface area contributed by atoms with Crippen molar-refractivity contribution in [2.45, 2.75) is 26.5 Å². The van der Waals surface area contributed by atoms with Crippen LogP contribution >= 0.6 is 12.4 Å². The molecule has 0 saturated carbocycles. The van der Waals surface area contributed by atoms with Gasteiger partial charge in [0.15, 0.2) is 0 Å². The maximum Gasteiger partial charge on any atom is 0.323 e. The minimum absolute atomic E-state index is 0. The molecule has 16 heavy (non-hydrogen) atoms. The Balaban J connectivity index is 0.00000225. The zero-order valence-corrected chi connectivity index (χ0v) is 10.4. The van der Waals surface area contributed by atoms with Gasteiger partial charge < -0.3 is 10.1 Å². The molecule has 0 aliphatic heterocycles. The van der Waals surface area contributed by atoms with Crippen molar-refractivity contribution in [3.63, 3.8) is 0 Å². The number of benzene rings is 1. The Labute approximate surface area is 103 Å². The highest BCUT2D eigenvalue weighted by atomic mass is 35.5. The maximum absolute atomic E-state index is 11.4. The van der Waals surface area contributed by atoms with E-state index in [1.807, 2.05) is 37.3 Å². The molecule has 0 fully saturated rings. The zero-order chi connectivity index (χ0) is 11.1. The number of carbonyl (C=O) groups excluding carboxylic acids is 1. The molecule has 4 heteroatoms. The van der Waals surface area contributed by atoms with Crippen LogP contribution in [0.2, 0.25) is 0 Å². The summed E-state index contributed by atoms with van der Waals surface area (Å²) in [7, 11) is 0. The number of rotatable bonds is 5. The first-order chi connectivity index (χ1) is 7.24. The van der Waals surface area contributed by atoms with Gasteiger partial charge >= 0.3 is 5.97 Å². The molecule has 0 aliphatic rings. The molecule has 0 spiro atoms. The fraction of sp³-hybridized carbons (Fsp3) is 0.417. The van der Waals surface area contributed by atoms with E-state index in [-0.39, 0.29) is 24.4 Å². The van der Waals surface area contributed by atoms with Crippen molar-refractivity contribution in [3.8, 4) is 0 Å². The van der Waals surface area contributed by atoms with Gasteiger partial charge in [-0.05, 0) is 19.0 Å². The minimum atomic E-state index is -0.237. The minimum Gasteiger partial charge on any atom is -0.460 e. The first-order valence-corrected chi connectivity index (χ1v) is 5.18. The molecule has 1 N–H and O–H groups in total. The first kappa shape index (κ1) is 14.9. The molecule has 1 atom stereocenters. The van der Waals surface area contributed by atoms with E-state index < -0.39 is 0 Å². The second-order valence-electron chi connectivity index (χ2n) is 3.37. The number of carbonyl (C=O) groups is 1. The normalized spacial score (nSPS) is 11.4. The Morgan fingerprint density at radius 1 is 1.38 bits per heavy atom. The van der Waals surface area contributed by atoms with Crippen LogP contribution in [0.5, 0.6) is 0 Å². The van der Waals surface area contributed by atoms with Crippen molar-refractivity contribution < 1.29 is 9.53 Å². The molecule has 1 aromatic rings. The van der Waals surface area contributed by atoms with Crippen molar-refractivity contribution >= 4 is 18.4 Å². The monoisotopic (exact) mass is 243 g/mol. The largest absolute Gasteiger partial charge is 0.460 e. The molecule has 3 nitrogen and oxygen atoms in total. The molecule has 0 radical (unpaired) electrons. The lowest BCUT2D eigenvalue weighted by Gasteiger charge is -2.11. The highest BCUT2D eigenvalue weighted by Gasteiger charge is 2.12. The highest BCUT2D eigenvalue weighted by Crippen LogP contribution is 2.01. The SMILES string of the molecule is CCN[C@@H](C)C(=O)OCc1ccccc1.Cl. The van der Waals surface area contributed by atoms with E-state index >= 15 is 0 Å². The van der Waals surface area contributed by atoms with E-state index in [9.17, 15) is 4.79 Å². The highest BCUT2D eigenvalue weighted by molar-refractivity contribution is 5.85. The van der Waals surface area contributed by atoms with E-state index in [1.165, 1.54) is 0 Å². The molecular formula is C12H18ClNO2. The van der Waals surface area contributed by atoms with Gasteiger partial charge in [0, 0.05) is 0 Å². The molecule has 0 aromatic heterocycles. The van der Waals surface area contributed by atoms with E-state index in [0.29, 0.717) is 6.61 Å². The van der Waals surface area contributed by atoms with Crippen LogP contribution in [0.15, 0.2) is 30.3 Å². The summed E-state index contributed by atoms with van der Waals surface area (Å²) in [5.41, 5.74) is 1.01. The van der Waals surface area contributed by atoms with Gasteiger partial charge in [-0.2, -0.15) is 0 Å². The second kappa shape index (κ2) is 8.13. The Morgan fingerprint density at radius 2 is 2.00 bits per heavy atom. The lowest BCUT2D eigenvalue weighted by atomic mass is 10.2. The van der Waals surface area contributed by atoms with Crippen LogP contribution in [-0.4, -0.2) is 18.6 Å². The molecule has 1 rings (SSSR count). The Hall–Kier alpha value is -1.06. The molecule has 0 unspecified atom stereocenters. The summed E-state index contributed by atoms with van der Waals surface area (Å²) in [5, 5.41) is 3.01. The van der Waals surface area contributed by atoms with E-state index in [2.05, 4.69) is 5.32 Å². The van der Waals surface area contributed by atoms with Gasteiger partial charge in [0.1, 0.15) is 12.6 Å². The number of hydrogen-bond donors (Lipinski definition) is 1. The molecule has 90 valence electrons. The van der Waals surface area contributed by atoms with Gasteiger partial charge in [0.2, 0.25) is 0 Å². The summed E-state index contributed by atoms with van der Waals surface area (Å²) >= 11 is 0.